The topological polar surface area (TPSA) is 59.9 Å². The number of aryl methyl sites for hydroxylation is 1. The summed E-state index contributed by atoms with van der Waals surface area (Å²) in [6.45, 7) is 2.00. The molecule has 6 heteroatoms. The van der Waals surface area contributed by atoms with Gasteiger partial charge in [-0.3, -0.25) is 4.79 Å². The minimum absolute atomic E-state index is 0.179. The van der Waals surface area contributed by atoms with Crippen molar-refractivity contribution in [3.05, 3.63) is 58.5 Å². The van der Waals surface area contributed by atoms with Gasteiger partial charge in [0.15, 0.2) is 5.17 Å². The Morgan fingerprint density at radius 1 is 1.12 bits per heavy atom. The normalized spacial score (nSPS) is 17.0. The smallest absolute Gasteiger partial charge is 0.264 e. The lowest BCUT2D eigenvalue weighted by Gasteiger charge is -2.07. The minimum atomic E-state index is -0.179. The molecule has 0 bridgehead atoms. The van der Waals surface area contributed by atoms with Gasteiger partial charge in [-0.1, -0.05) is 12.1 Å². The number of aliphatic imine (C=N–C) groups is 1. The van der Waals surface area contributed by atoms with E-state index in [1.807, 2.05) is 49.4 Å². The van der Waals surface area contributed by atoms with Crippen molar-refractivity contribution in [2.45, 2.75) is 6.92 Å². The Labute approximate surface area is 150 Å². The van der Waals surface area contributed by atoms with Crippen LogP contribution in [0.1, 0.15) is 11.1 Å². The van der Waals surface area contributed by atoms with Crippen LogP contribution in [0.25, 0.3) is 6.08 Å². The van der Waals surface area contributed by atoms with Crippen LogP contribution in [0.15, 0.2) is 52.4 Å². The number of nitrogens with one attached hydrogen (secondary N) is 1. The molecule has 0 aliphatic carbocycles. The second-order valence-electron chi connectivity index (χ2n) is 5.43. The molecule has 1 N–H and O–H groups in total. The van der Waals surface area contributed by atoms with Crippen LogP contribution in [-0.4, -0.2) is 25.3 Å². The first-order valence-corrected chi connectivity index (χ1v) is 8.49. The molecule has 1 amide bonds. The summed E-state index contributed by atoms with van der Waals surface area (Å²) < 4.78 is 10.6. The summed E-state index contributed by atoms with van der Waals surface area (Å²) >= 11 is 1.30. The predicted molar refractivity (Wildman–Crippen MR) is 102 cm³/mol. The Morgan fingerprint density at radius 3 is 2.68 bits per heavy atom. The summed E-state index contributed by atoms with van der Waals surface area (Å²) in [5.74, 6) is 1.19. The van der Waals surface area contributed by atoms with E-state index >= 15 is 0 Å². The molecule has 1 fully saturated rings. The Morgan fingerprint density at radius 2 is 1.96 bits per heavy atom. The number of thioether (sulfide) groups is 1. The zero-order chi connectivity index (χ0) is 17.8. The number of carbonyl (C=O) groups excluding carboxylic acids is 1. The number of hydrogen-bond acceptors (Lipinski definition) is 5. The molecule has 1 aliphatic rings. The summed E-state index contributed by atoms with van der Waals surface area (Å²) in [5, 5.41) is 3.35. The summed E-state index contributed by atoms with van der Waals surface area (Å²) in [6.07, 6.45) is 1.78. The molecule has 3 rings (SSSR count). The van der Waals surface area contributed by atoms with E-state index < -0.39 is 0 Å². The largest absolute Gasteiger partial charge is 0.497 e. The van der Waals surface area contributed by atoms with Gasteiger partial charge in [-0.15, -0.1) is 0 Å². The van der Waals surface area contributed by atoms with Crippen molar-refractivity contribution < 1.29 is 14.3 Å². The van der Waals surface area contributed by atoms with Gasteiger partial charge in [0.05, 0.1) is 24.8 Å². The summed E-state index contributed by atoms with van der Waals surface area (Å²) in [4.78, 5) is 17.3. The van der Waals surface area contributed by atoms with Crippen molar-refractivity contribution in [1.82, 2.24) is 5.32 Å². The van der Waals surface area contributed by atoms with Crippen LogP contribution < -0.4 is 14.8 Å². The van der Waals surface area contributed by atoms with Gasteiger partial charge in [0.2, 0.25) is 0 Å². The van der Waals surface area contributed by atoms with E-state index in [4.69, 9.17) is 9.47 Å². The lowest BCUT2D eigenvalue weighted by molar-refractivity contribution is -0.115. The molecular weight excluding hydrogens is 336 g/mol. The van der Waals surface area contributed by atoms with Crippen molar-refractivity contribution in [1.29, 1.82) is 0 Å². The first kappa shape index (κ1) is 17.1. The molecule has 25 heavy (non-hydrogen) atoms. The molecule has 0 aromatic heterocycles. The molecule has 0 unspecified atom stereocenters. The van der Waals surface area contributed by atoms with Crippen LogP contribution in [0.2, 0.25) is 0 Å². The monoisotopic (exact) mass is 354 g/mol. The second-order valence-corrected chi connectivity index (χ2v) is 6.46. The van der Waals surface area contributed by atoms with Gasteiger partial charge in [-0.25, -0.2) is 4.99 Å². The van der Waals surface area contributed by atoms with Gasteiger partial charge in [0.1, 0.15) is 11.5 Å². The van der Waals surface area contributed by atoms with Gasteiger partial charge in [-0.2, -0.15) is 0 Å². The highest BCUT2D eigenvalue weighted by molar-refractivity contribution is 8.18. The second kappa shape index (κ2) is 7.44. The van der Waals surface area contributed by atoms with Crippen LogP contribution in [0.4, 0.5) is 5.69 Å². The molecule has 1 saturated heterocycles. The Balaban J connectivity index is 1.89. The van der Waals surface area contributed by atoms with Crippen molar-refractivity contribution in [2.24, 2.45) is 4.99 Å². The zero-order valence-electron chi connectivity index (χ0n) is 14.2. The fourth-order valence-corrected chi connectivity index (χ4v) is 3.22. The first-order valence-electron chi connectivity index (χ1n) is 7.67. The van der Waals surface area contributed by atoms with Gasteiger partial charge in [0, 0.05) is 5.56 Å². The summed E-state index contributed by atoms with van der Waals surface area (Å²) in [7, 11) is 3.19. The van der Waals surface area contributed by atoms with E-state index in [0.717, 1.165) is 16.8 Å². The maximum absolute atomic E-state index is 12.2. The highest BCUT2D eigenvalue weighted by Crippen LogP contribution is 2.32. The Bertz CT molecular complexity index is 875. The Hall–Kier alpha value is -2.73. The van der Waals surface area contributed by atoms with Gasteiger partial charge in [-0.05, 0) is 60.7 Å². The fraction of sp³-hybridized carbons (Fsp3) is 0.158. The standard InChI is InChI=1S/C19H18N2O3S/c1-12-5-4-6-14(9-12)20-19-21-18(22)17(25-19)11-13-10-15(23-2)7-8-16(13)24-3/h4-11H,1-3H3,(H,20,21,22)/b17-11-. The van der Waals surface area contributed by atoms with E-state index in [2.05, 4.69) is 10.3 Å². The van der Waals surface area contributed by atoms with Crippen LogP contribution in [0.3, 0.4) is 0 Å². The number of carbonyl (C=O) groups is 1. The van der Waals surface area contributed by atoms with Crippen molar-refractivity contribution in [3.8, 4) is 11.5 Å². The van der Waals surface area contributed by atoms with Crippen molar-refractivity contribution in [2.75, 3.05) is 14.2 Å². The van der Waals surface area contributed by atoms with E-state index in [1.165, 1.54) is 11.8 Å². The lowest BCUT2D eigenvalue weighted by Crippen LogP contribution is -2.19. The maximum Gasteiger partial charge on any atom is 0.264 e. The van der Waals surface area contributed by atoms with E-state index in [0.29, 0.717) is 21.6 Å². The minimum Gasteiger partial charge on any atom is -0.497 e. The van der Waals surface area contributed by atoms with Gasteiger partial charge < -0.3 is 14.8 Å². The molecule has 2 aromatic rings. The number of amidine groups is 1. The quantitative estimate of drug-likeness (QED) is 0.846. The van der Waals surface area contributed by atoms with Gasteiger partial charge >= 0.3 is 0 Å². The molecule has 5 nitrogen and oxygen atoms in total. The molecule has 2 aromatic carbocycles. The van der Waals surface area contributed by atoms with Crippen LogP contribution in [0.5, 0.6) is 11.5 Å². The average Bonchev–Trinajstić information content (AvgIpc) is 2.94. The van der Waals surface area contributed by atoms with Gasteiger partial charge in [0.25, 0.3) is 5.91 Å². The highest BCUT2D eigenvalue weighted by Gasteiger charge is 2.24. The third-order valence-corrected chi connectivity index (χ3v) is 4.52. The SMILES string of the molecule is COc1ccc(OC)c(/C=C2\SC(=Nc3cccc(C)c3)NC2=O)c1. The molecule has 128 valence electrons. The summed E-state index contributed by atoms with van der Waals surface area (Å²) in [6, 6.07) is 13.3. The fourth-order valence-electron chi connectivity index (χ4n) is 2.39. The van der Waals surface area contributed by atoms with E-state index in [-0.39, 0.29) is 5.91 Å². The number of hydrogen-bond donors (Lipinski definition) is 1. The van der Waals surface area contributed by atoms with Crippen LogP contribution in [-0.2, 0) is 4.79 Å². The molecule has 0 spiro atoms. The molecular formula is C19H18N2O3S. The third kappa shape index (κ3) is 4.03. The van der Waals surface area contributed by atoms with Crippen molar-refractivity contribution >= 4 is 34.6 Å². The van der Waals surface area contributed by atoms with E-state index in [9.17, 15) is 4.79 Å². The number of nitrogens with zero attached hydrogens (tertiary/aromatic N) is 1. The number of benzene rings is 2. The number of methoxy groups -OCH3 is 2. The predicted octanol–water partition coefficient (Wildman–Crippen LogP) is 3.90. The molecule has 1 aliphatic heterocycles. The van der Waals surface area contributed by atoms with Crippen LogP contribution in [0, 0.1) is 6.92 Å². The zero-order valence-corrected chi connectivity index (χ0v) is 15.0. The molecule has 1 heterocycles. The number of rotatable bonds is 4. The molecule has 0 atom stereocenters. The van der Waals surface area contributed by atoms with Crippen LogP contribution >= 0.6 is 11.8 Å². The summed E-state index contributed by atoms with van der Waals surface area (Å²) in [5.41, 5.74) is 2.70. The molecule has 0 saturated carbocycles. The first-order chi connectivity index (χ1) is 12.1. The lowest BCUT2D eigenvalue weighted by atomic mass is 10.1. The number of amides is 1. The average molecular weight is 354 g/mol. The van der Waals surface area contributed by atoms with E-state index in [1.54, 1.807) is 20.3 Å². The molecule has 0 radical (unpaired) electrons. The number of ether oxygens (including phenoxy) is 2. The van der Waals surface area contributed by atoms with Crippen molar-refractivity contribution in [3.63, 3.8) is 0 Å². The third-order valence-electron chi connectivity index (χ3n) is 3.61. The Kier molecular flexibility index (Phi) is 5.09. The highest BCUT2D eigenvalue weighted by atomic mass is 32.2. The maximum atomic E-state index is 12.2.